The molecular weight excluding hydrogens is 228 g/mol. The number of carbonyl (C=O) groups is 2. The van der Waals surface area contributed by atoms with E-state index < -0.39 is 0 Å². The SMILES string of the molecule is CNC(=O)C(CCC=O)N(C)Cc1ccccc1. The predicted octanol–water partition coefficient (Wildman–Crippen LogP) is 1.21. The minimum Gasteiger partial charge on any atom is -0.358 e. The number of carbonyl (C=O) groups excluding carboxylic acids is 2. The molecule has 0 aromatic heterocycles. The molecule has 1 aromatic rings. The Morgan fingerprint density at radius 2 is 2.06 bits per heavy atom. The number of hydrogen-bond donors (Lipinski definition) is 1. The van der Waals surface area contributed by atoms with E-state index in [4.69, 9.17) is 0 Å². The Labute approximate surface area is 108 Å². The molecule has 1 atom stereocenters. The van der Waals surface area contributed by atoms with Crippen LogP contribution in [0.15, 0.2) is 30.3 Å². The van der Waals surface area contributed by atoms with Gasteiger partial charge in [0.25, 0.3) is 0 Å². The minimum atomic E-state index is -0.264. The van der Waals surface area contributed by atoms with Crippen molar-refractivity contribution in [1.82, 2.24) is 10.2 Å². The molecule has 18 heavy (non-hydrogen) atoms. The highest BCUT2D eigenvalue weighted by Crippen LogP contribution is 2.10. The van der Waals surface area contributed by atoms with Crippen LogP contribution in [0.5, 0.6) is 0 Å². The zero-order valence-electron chi connectivity index (χ0n) is 10.9. The van der Waals surface area contributed by atoms with E-state index in [1.165, 1.54) is 0 Å². The van der Waals surface area contributed by atoms with Crippen LogP contribution in [-0.2, 0) is 16.1 Å². The Balaban J connectivity index is 2.66. The van der Waals surface area contributed by atoms with E-state index in [0.717, 1.165) is 11.8 Å². The molecule has 0 aliphatic heterocycles. The van der Waals surface area contributed by atoms with E-state index >= 15 is 0 Å². The molecule has 1 amide bonds. The molecule has 4 nitrogen and oxygen atoms in total. The molecule has 0 radical (unpaired) electrons. The van der Waals surface area contributed by atoms with Crippen LogP contribution in [0.4, 0.5) is 0 Å². The van der Waals surface area contributed by atoms with E-state index in [1.54, 1.807) is 7.05 Å². The molecule has 0 saturated carbocycles. The van der Waals surface area contributed by atoms with Gasteiger partial charge in [-0.3, -0.25) is 9.69 Å². The second kappa shape index (κ2) is 7.61. The molecule has 4 heteroatoms. The highest BCUT2D eigenvalue weighted by Gasteiger charge is 2.21. The van der Waals surface area contributed by atoms with Crippen LogP contribution in [0, 0.1) is 0 Å². The summed E-state index contributed by atoms with van der Waals surface area (Å²) >= 11 is 0. The third kappa shape index (κ3) is 4.30. The lowest BCUT2D eigenvalue weighted by Gasteiger charge is -2.26. The van der Waals surface area contributed by atoms with Crippen molar-refractivity contribution in [2.45, 2.75) is 25.4 Å². The minimum absolute atomic E-state index is 0.0460. The summed E-state index contributed by atoms with van der Waals surface area (Å²) in [5.74, 6) is -0.0460. The Morgan fingerprint density at radius 3 is 2.61 bits per heavy atom. The third-order valence-corrected chi connectivity index (χ3v) is 2.91. The van der Waals surface area contributed by atoms with Crippen molar-refractivity contribution in [2.75, 3.05) is 14.1 Å². The number of aldehydes is 1. The smallest absolute Gasteiger partial charge is 0.237 e. The molecule has 1 unspecified atom stereocenters. The van der Waals surface area contributed by atoms with Gasteiger partial charge >= 0.3 is 0 Å². The number of rotatable bonds is 7. The van der Waals surface area contributed by atoms with Gasteiger partial charge in [0.05, 0.1) is 6.04 Å². The molecule has 1 aromatic carbocycles. The van der Waals surface area contributed by atoms with Crippen LogP contribution in [-0.4, -0.2) is 37.2 Å². The second-order valence-corrected chi connectivity index (χ2v) is 4.27. The van der Waals surface area contributed by atoms with Gasteiger partial charge in [0.2, 0.25) is 5.91 Å². The molecule has 0 fully saturated rings. The van der Waals surface area contributed by atoms with Crippen molar-refractivity contribution < 1.29 is 9.59 Å². The molecule has 98 valence electrons. The lowest BCUT2D eigenvalue weighted by molar-refractivity contribution is -0.126. The van der Waals surface area contributed by atoms with Crippen molar-refractivity contribution in [1.29, 1.82) is 0 Å². The summed E-state index contributed by atoms with van der Waals surface area (Å²) in [7, 11) is 3.52. The summed E-state index contributed by atoms with van der Waals surface area (Å²) in [5, 5.41) is 2.64. The third-order valence-electron chi connectivity index (χ3n) is 2.91. The van der Waals surface area contributed by atoms with Gasteiger partial charge in [-0.05, 0) is 19.0 Å². The van der Waals surface area contributed by atoms with Gasteiger partial charge in [0.15, 0.2) is 0 Å². The van der Waals surface area contributed by atoms with E-state index in [-0.39, 0.29) is 11.9 Å². The van der Waals surface area contributed by atoms with Gasteiger partial charge in [0, 0.05) is 20.0 Å². The molecule has 0 heterocycles. The summed E-state index contributed by atoms with van der Waals surface area (Å²) in [6, 6.07) is 9.70. The summed E-state index contributed by atoms with van der Waals surface area (Å²) in [4.78, 5) is 24.2. The maximum atomic E-state index is 11.8. The topological polar surface area (TPSA) is 49.4 Å². The van der Waals surface area contributed by atoms with Crippen LogP contribution in [0.1, 0.15) is 18.4 Å². The van der Waals surface area contributed by atoms with Crippen LogP contribution in [0.25, 0.3) is 0 Å². The van der Waals surface area contributed by atoms with Crippen molar-refractivity contribution in [3.8, 4) is 0 Å². The van der Waals surface area contributed by atoms with Crippen molar-refractivity contribution in [3.05, 3.63) is 35.9 Å². The molecule has 1 rings (SSSR count). The average Bonchev–Trinajstić information content (AvgIpc) is 2.40. The molecule has 0 spiro atoms. The lowest BCUT2D eigenvalue weighted by Crippen LogP contribution is -2.43. The van der Waals surface area contributed by atoms with Crippen LogP contribution < -0.4 is 5.32 Å². The fourth-order valence-electron chi connectivity index (χ4n) is 1.93. The largest absolute Gasteiger partial charge is 0.358 e. The standard InChI is InChI=1S/C14H20N2O2/c1-15-14(18)13(9-6-10-17)16(2)11-12-7-4-3-5-8-12/h3-5,7-8,10,13H,6,9,11H2,1-2H3,(H,15,18). The first kappa shape index (κ1) is 14.4. The first-order chi connectivity index (χ1) is 8.69. The molecule has 0 aliphatic carbocycles. The number of benzene rings is 1. The van der Waals surface area contributed by atoms with E-state index in [0.29, 0.717) is 19.4 Å². The van der Waals surface area contributed by atoms with Gasteiger partial charge in [-0.2, -0.15) is 0 Å². The summed E-state index contributed by atoms with van der Waals surface area (Å²) in [6.45, 7) is 0.692. The molecular formula is C14H20N2O2. The van der Waals surface area contributed by atoms with Crippen molar-refractivity contribution in [3.63, 3.8) is 0 Å². The van der Waals surface area contributed by atoms with Gasteiger partial charge in [-0.25, -0.2) is 0 Å². The predicted molar refractivity (Wildman–Crippen MR) is 71.1 cm³/mol. The average molecular weight is 248 g/mol. The maximum absolute atomic E-state index is 11.8. The quantitative estimate of drug-likeness (QED) is 0.738. The normalized spacial score (nSPS) is 12.2. The molecule has 0 saturated heterocycles. The van der Waals surface area contributed by atoms with E-state index in [2.05, 4.69) is 5.32 Å². The van der Waals surface area contributed by atoms with Crippen molar-refractivity contribution in [2.24, 2.45) is 0 Å². The van der Waals surface area contributed by atoms with Crippen molar-refractivity contribution >= 4 is 12.2 Å². The number of hydrogen-bond acceptors (Lipinski definition) is 3. The van der Waals surface area contributed by atoms with Crippen LogP contribution in [0.2, 0.25) is 0 Å². The number of nitrogens with zero attached hydrogens (tertiary/aromatic N) is 1. The van der Waals surface area contributed by atoms with E-state index in [9.17, 15) is 9.59 Å². The Kier molecular flexibility index (Phi) is 6.08. The maximum Gasteiger partial charge on any atom is 0.237 e. The number of likely N-dealkylation sites (N-methyl/N-ethyl adjacent to an activating group) is 2. The molecule has 1 N–H and O–H groups in total. The number of nitrogens with one attached hydrogen (secondary N) is 1. The summed E-state index contributed by atoms with van der Waals surface area (Å²) in [5.41, 5.74) is 1.15. The van der Waals surface area contributed by atoms with Crippen LogP contribution in [0.3, 0.4) is 0 Å². The fourth-order valence-corrected chi connectivity index (χ4v) is 1.93. The highest BCUT2D eigenvalue weighted by molar-refractivity contribution is 5.81. The zero-order chi connectivity index (χ0) is 13.4. The zero-order valence-corrected chi connectivity index (χ0v) is 10.9. The number of amides is 1. The summed E-state index contributed by atoms with van der Waals surface area (Å²) < 4.78 is 0. The van der Waals surface area contributed by atoms with Gasteiger partial charge < -0.3 is 10.1 Å². The Bertz CT molecular complexity index is 379. The Morgan fingerprint density at radius 1 is 1.39 bits per heavy atom. The lowest BCUT2D eigenvalue weighted by atomic mass is 10.1. The highest BCUT2D eigenvalue weighted by atomic mass is 16.2. The monoisotopic (exact) mass is 248 g/mol. The fraction of sp³-hybridized carbons (Fsp3) is 0.429. The molecule has 0 bridgehead atoms. The second-order valence-electron chi connectivity index (χ2n) is 4.27. The van der Waals surface area contributed by atoms with Gasteiger partial charge in [0.1, 0.15) is 6.29 Å². The van der Waals surface area contributed by atoms with Gasteiger partial charge in [-0.15, -0.1) is 0 Å². The first-order valence-corrected chi connectivity index (χ1v) is 6.08. The van der Waals surface area contributed by atoms with Crippen LogP contribution >= 0.6 is 0 Å². The first-order valence-electron chi connectivity index (χ1n) is 6.08. The summed E-state index contributed by atoms with van der Waals surface area (Å²) in [6.07, 6.45) is 1.80. The van der Waals surface area contributed by atoms with Gasteiger partial charge in [-0.1, -0.05) is 30.3 Å². The van der Waals surface area contributed by atoms with E-state index in [1.807, 2.05) is 42.3 Å². The molecule has 0 aliphatic rings. The Hall–Kier alpha value is -1.68.